The molecule has 6 heterocycles. The van der Waals surface area contributed by atoms with E-state index in [1.807, 2.05) is 30.3 Å². The monoisotopic (exact) mass is 736 g/mol. The molecule has 3 saturated heterocycles. The molecule has 13 nitrogen and oxygen atoms in total. The molecule has 0 aliphatic carbocycles. The van der Waals surface area contributed by atoms with E-state index in [-0.39, 0.29) is 41.6 Å². The van der Waals surface area contributed by atoms with E-state index in [2.05, 4.69) is 47.7 Å². The van der Waals surface area contributed by atoms with Gasteiger partial charge in [0.05, 0.1) is 24.0 Å². The van der Waals surface area contributed by atoms with Gasteiger partial charge in [-0.25, -0.2) is 8.78 Å². The minimum absolute atomic E-state index is 0.0581. The molecule has 3 aromatic carbocycles. The number of phenols is 1. The molecule has 278 valence electrons. The quantitative estimate of drug-likeness (QED) is 0.239. The van der Waals surface area contributed by atoms with Gasteiger partial charge in [0.15, 0.2) is 17.4 Å². The number of nitrogens with zero attached hydrogens (tertiary/aromatic N) is 6. The lowest BCUT2D eigenvalue weighted by atomic mass is 10.0. The van der Waals surface area contributed by atoms with Gasteiger partial charge in [-0.2, -0.15) is 0 Å². The van der Waals surface area contributed by atoms with Gasteiger partial charge in [0.25, 0.3) is 5.91 Å². The number of amides is 3. The summed E-state index contributed by atoms with van der Waals surface area (Å²) in [6.45, 7) is 5.77. The molecule has 4 aromatic rings. The van der Waals surface area contributed by atoms with Crippen molar-refractivity contribution in [3.05, 3.63) is 89.0 Å². The van der Waals surface area contributed by atoms with E-state index in [4.69, 9.17) is 4.74 Å². The molecule has 0 spiro atoms. The first kappa shape index (κ1) is 34.0. The molecule has 5 aliphatic rings. The molecule has 3 unspecified atom stereocenters. The van der Waals surface area contributed by atoms with E-state index in [9.17, 15) is 28.3 Å². The summed E-state index contributed by atoms with van der Waals surface area (Å²) in [4.78, 5) is 45.8. The number of benzene rings is 3. The number of ether oxygens (including phenoxy) is 1. The highest BCUT2D eigenvalue weighted by Gasteiger charge is 2.40. The van der Waals surface area contributed by atoms with Gasteiger partial charge in [-0.1, -0.05) is 18.2 Å². The molecule has 3 fully saturated rings. The first-order valence-electron chi connectivity index (χ1n) is 18.2. The summed E-state index contributed by atoms with van der Waals surface area (Å²) in [6, 6.07) is 17.0. The molecular formula is C39H38F2N8O5. The number of nitrogens with one attached hydrogen (secondary N) is 2. The third-order valence-corrected chi connectivity index (χ3v) is 11.2. The Kier molecular flexibility index (Phi) is 8.52. The number of piperazine rings is 1. The Morgan fingerprint density at radius 3 is 2.52 bits per heavy atom. The fraction of sp³-hybridized carbons (Fsp3) is 0.359. The van der Waals surface area contributed by atoms with Gasteiger partial charge in [0.2, 0.25) is 11.8 Å². The third-order valence-electron chi connectivity index (χ3n) is 11.2. The Morgan fingerprint density at radius 2 is 1.72 bits per heavy atom. The van der Waals surface area contributed by atoms with Crippen molar-refractivity contribution in [3.63, 3.8) is 0 Å². The Balaban J connectivity index is 0.784. The highest BCUT2D eigenvalue weighted by atomic mass is 19.1. The van der Waals surface area contributed by atoms with Crippen molar-refractivity contribution in [2.45, 2.75) is 50.5 Å². The standard InChI is InChI=1S/C39H38F2N8O5/c40-24-13-30(36(51)31(41)14-24)32-17-34-37(45-44-32)42-18-26-15-28(21-48(26)34)54-27-5-1-22(2-6-27)19-46-9-11-47(12-10-46)25-4-3-23-20-49(39(53)29(23)16-25)33-7-8-35(50)43-38(33)52/h1-6,13-14,16-17,26,28,33,51H,7-12,15,18-21H2,(H,42,45)(H,43,50,52). The number of carbonyl (C=O) groups is 3. The largest absolute Gasteiger partial charge is 0.504 e. The van der Waals surface area contributed by atoms with Crippen LogP contribution in [0.5, 0.6) is 11.5 Å². The minimum Gasteiger partial charge on any atom is -0.504 e. The Labute approximate surface area is 309 Å². The molecule has 1 aromatic heterocycles. The van der Waals surface area contributed by atoms with E-state index < -0.39 is 29.3 Å². The van der Waals surface area contributed by atoms with E-state index in [1.165, 1.54) is 5.56 Å². The number of hydrogen-bond donors (Lipinski definition) is 3. The summed E-state index contributed by atoms with van der Waals surface area (Å²) in [6.07, 6.45) is 1.26. The van der Waals surface area contributed by atoms with E-state index in [1.54, 1.807) is 11.0 Å². The number of anilines is 3. The topological polar surface area (TPSA) is 143 Å². The summed E-state index contributed by atoms with van der Waals surface area (Å²) < 4.78 is 34.4. The average Bonchev–Trinajstić information content (AvgIpc) is 3.74. The van der Waals surface area contributed by atoms with Gasteiger partial charge in [-0.15, -0.1) is 10.2 Å². The zero-order chi connectivity index (χ0) is 37.1. The molecule has 0 bridgehead atoms. The second-order valence-electron chi connectivity index (χ2n) is 14.6. The predicted octanol–water partition coefficient (Wildman–Crippen LogP) is 3.66. The van der Waals surface area contributed by atoms with Crippen molar-refractivity contribution in [1.82, 2.24) is 25.3 Å². The van der Waals surface area contributed by atoms with Crippen LogP contribution in [-0.4, -0.2) is 100 Å². The smallest absolute Gasteiger partial charge is 0.255 e. The molecule has 15 heteroatoms. The highest BCUT2D eigenvalue weighted by Crippen LogP contribution is 2.40. The molecule has 0 radical (unpaired) electrons. The Morgan fingerprint density at radius 1 is 0.907 bits per heavy atom. The maximum absolute atomic E-state index is 14.1. The van der Waals surface area contributed by atoms with Gasteiger partial charge in [0.1, 0.15) is 23.7 Å². The molecule has 9 rings (SSSR count). The lowest BCUT2D eigenvalue weighted by molar-refractivity contribution is -0.136. The van der Waals surface area contributed by atoms with E-state index >= 15 is 0 Å². The fourth-order valence-electron chi connectivity index (χ4n) is 8.31. The van der Waals surface area contributed by atoms with Crippen LogP contribution in [0.25, 0.3) is 11.3 Å². The summed E-state index contributed by atoms with van der Waals surface area (Å²) in [7, 11) is 0. The molecule has 3 atom stereocenters. The first-order valence-corrected chi connectivity index (χ1v) is 18.2. The third kappa shape index (κ3) is 6.31. The zero-order valence-corrected chi connectivity index (χ0v) is 29.3. The summed E-state index contributed by atoms with van der Waals surface area (Å²) in [5, 5.41) is 24.2. The van der Waals surface area contributed by atoms with Crippen LogP contribution >= 0.6 is 0 Å². The average molecular weight is 737 g/mol. The second kappa shape index (κ2) is 13.5. The van der Waals surface area contributed by atoms with Gasteiger partial charge in [-0.05, 0) is 53.9 Å². The van der Waals surface area contributed by atoms with Crippen LogP contribution in [0, 0.1) is 11.6 Å². The fourth-order valence-corrected chi connectivity index (χ4v) is 8.31. The van der Waals surface area contributed by atoms with Crippen LogP contribution in [0.1, 0.15) is 40.7 Å². The summed E-state index contributed by atoms with van der Waals surface area (Å²) in [5.41, 5.74) is 4.55. The number of aromatic nitrogens is 2. The van der Waals surface area contributed by atoms with Crippen molar-refractivity contribution >= 4 is 34.9 Å². The SMILES string of the molecule is O=C1CCC(N2Cc3ccc(N4CCN(Cc5ccc(OC6CC7CNc8nnc(-c9cc(F)cc(F)c9O)cc8N7C6)cc5)CC4)cc3C2=O)C(=O)N1. The van der Waals surface area contributed by atoms with Gasteiger partial charge in [0, 0.05) is 81.5 Å². The van der Waals surface area contributed by atoms with E-state index in [0.29, 0.717) is 43.5 Å². The first-order chi connectivity index (χ1) is 26.2. The van der Waals surface area contributed by atoms with Crippen LogP contribution in [-0.2, 0) is 22.7 Å². The van der Waals surface area contributed by atoms with Crippen molar-refractivity contribution in [2.75, 3.05) is 54.4 Å². The van der Waals surface area contributed by atoms with Crippen molar-refractivity contribution in [3.8, 4) is 22.8 Å². The maximum atomic E-state index is 14.1. The number of imide groups is 1. The molecule has 3 N–H and O–H groups in total. The number of carbonyl (C=O) groups excluding carboxylic acids is 3. The van der Waals surface area contributed by atoms with Crippen LogP contribution in [0.15, 0.2) is 60.7 Å². The highest BCUT2D eigenvalue weighted by molar-refractivity contribution is 6.05. The number of piperidine rings is 1. The van der Waals surface area contributed by atoms with Gasteiger partial charge in [-0.3, -0.25) is 24.6 Å². The van der Waals surface area contributed by atoms with Crippen LogP contribution in [0.2, 0.25) is 0 Å². The number of fused-ring (bicyclic) bond motifs is 4. The van der Waals surface area contributed by atoms with Crippen molar-refractivity contribution in [2.24, 2.45) is 0 Å². The van der Waals surface area contributed by atoms with Crippen molar-refractivity contribution in [1.29, 1.82) is 0 Å². The number of phenolic OH excluding ortho intramolecular Hbond substituents is 1. The van der Waals surface area contributed by atoms with Crippen molar-refractivity contribution < 1.29 is 33.0 Å². The summed E-state index contributed by atoms with van der Waals surface area (Å²) in [5.74, 6) is -2.06. The van der Waals surface area contributed by atoms with E-state index in [0.717, 1.165) is 67.9 Å². The predicted molar refractivity (Wildman–Crippen MR) is 194 cm³/mol. The van der Waals surface area contributed by atoms with Gasteiger partial charge >= 0.3 is 0 Å². The normalized spacial score (nSPS) is 22.4. The Hall–Kier alpha value is -5.83. The van der Waals surface area contributed by atoms with Gasteiger partial charge < -0.3 is 29.9 Å². The zero-order valence-electron chi connectivity index (χ0n) is 29.3. The molecule has 5 aliphatic heterocycles. The second-order valence-corrected chi connectivity index (χ2v) is 14.6. The lowest BCUT2D eigenvalue weighted by Gasteiger charge is -2.36. The molecule has 3 amide bonds. The molecule has 54 heavy (non-hydrogen) atoms. The van der Waals surface area contributed by atoms with Crippen LogP contribution in [0.3, 0.4) is 0 Å². The number of aromatic hydroxyl groups is 1. The molecular weight excluding hydrogens is 698 g/mol. The van der Waals surface area contributed by atoms with Crippen LogP contribution < -0.4 is 25.2 Å². The minimum atomic E-state index is -1.06. The maximum Gasteiger partial charge on any atom is 0.255 e. The number of hydrogen-bond acceptors (Lipinski definition) is 11. The van der Waals surface area contributed by atoms with Crippen LogP contribution in [0.4, 0.5) is 26.0 Å². The Bertz CT molecular complexity index is 2160. The lowest BCUT2D eigenvalue weighted by Crippen LogP contribution is -2.52. The summed E-state index contributed by atoms with van der Waals surface area (Å²) >= 11 is 0. The number of rotatable bonds is 7. The number of halogens is 2. The molecule has 0 saturated carbocycles.